The Bertz CT molecular complexity index is 861. The molecule has 0 saturated heterocycles. The molecular weight excluding hydrogens is 284 g/mol. The van der Waals surface area contributed by atoms with Crippen LogP contribution in [0.25, 0.3) is 11.2 Å². The lowest BCUT2D eigenvalue weighted by atomic mass is 9.91. The van der Waals surface area contributed by atoms with Crippen molar-refractivity contribution in [1.29, 1.82) is 0 Å². The van der Waals surface area contributed by atoms with E-state index in [9.17, 15) is 0 Å². The zero-order valence-electron chi connectivity index (χ0n) is 12.6. The van der Waals surface area contributed by atoms with Crippen molar-refractivity contribution >= 4 is 11.2 Å². The zero-order valence-corrected chi connectivity index (χ0v) is 12.6. The van der Waals surface area contributed by atoms with Gasteiger partial charge < -0.3 is 4.57 Å². The van der Waals surface area contributed by atoms with Gasteiger partial charge in [-0.15, -0.1) is 0 Å². The summed E-state index contributed by atoms with van der Waals surface area (Å²) in [5.74, 6) is 0.254. The predicted octanol–water partition coefficient (Wildman–Crippen LogP) is 3.66. The predicted molar refractivity (Wildman–Crippen MR) is 90.1 cm³/mol. The Hall–Kier alpha value is -3.01. The molecule has 0 unspecified atom stereocenters. The normalized spacial score (nSPS) is 11.2. The van der Waals surface area contributed by atoms with Crippen LogP contribution in [0.15, 0.2) is 79.5 Å². The summed E-state index contributed by atoms with van der Waals surface area (Å²) in [5.41, 5.74) is 4.27. The molecule has 0 radical (unpaired) electrons. The highest BCUT2D eigenvalue weighted by Gasteiger charge is 2.16. The van der Waals surface area contributed by atoms with E-state index in [1.807, 2.05) is 18.5 Å². The maximum Gasteiger partial charge on any atom is 0.163 e. The fourth-order valence-corrected chi connectivity index (χ4v) is 2.92. The van der Waals surface area contributed by atoms with E-state index in [0.717, 1.165) is 17.7 Å². The van der Waals surface area contributed by atoms with Gasteiger partial charge in [0.2, 0.25) is 0 Å². The van der Waals surface area contributed by atoms with E-state index in [2.05, 4.69) is 68.0 Å². The Kier molecular flexibility index (Phi) is 3.56. The van der Waals surface area contributed by atoms with Crippen LogP contribution in [0.4, 0.5) is 0 Å². The number of imidazole rings is 1. The Morgan fingerprint density at radius 1 is 0.826 bits per heavy atom. The van der Waals surface area contributed by atoms with Gasteiger partial charge in [-0.3, -0.25) is 0 Å². The van der Waals surface area contributed by atoms with E-state index in [1.54, 1.807) is 12.5 Å². The maximum absolute atomic E-state index is 4.40. The van der Waals surface area contributed by atoms with Crippen molar-refractivity contribution in [3.8, 4) is 0 Å². The molecule has 0 spiro atoms. The van der Waals surface area contributed by atoms with Crippen LogP contribution in [0.2, 0.25) is 0 Å². The first-order valence-corrected chi connectivity index (χ1v) is 7.62. The second-order valence-corrected chi connectivity index (χ2v) is 5.50. The standard InChI is InChI=1S/C19H16N4/c1-3-7-15(8-4-1)17(16-9-5-2-6-10-16)12-23-14-22-18-11-20-13-21-19(18)23/h1-11,13-14,17H,12H2. The summed E-state index contributed by atoms with van der Waals surface area (Å²) in [6, 6.07) is 21.1. The van der Waals surface area contributed by atoms with Gasteiger partial charge in [-0.05, 0) is 11.1 Å². The molecule has 4 nitrogen and oxygen atoms in total. The highest BCUT2D eigenvalue weighted by molar-refractivity contribution is 5.68. The van der Waals surface area contributed by atoms with Crippen LogP contribution >= 0.6 is 0 Å². The van der Waals surface area contributed by atoms with Crippen LogP contribution in [0.1, 0.15) is 17.0 Å². The maximum atomic E-state index is 4.40. The summed E-state index contributed by atoms with van der Waals surface area (Å²) in [6.45, 7) is 0.793. The minimum Gasteiger partial charge on any atom is -0.314 e. The zero-order chi connectivity index (χ0) is 15.5. The summed E-state index contributed by atoms with van der Waals surface area (Å²) in [4.78, 5) is 12.8. The fourth-order valence-electron chi connectivity index (χ4n) is 2.92. The molecule has 0 fully saturated rings. The molecule has 0 aliphatic heterocycles. The van der Waals surface area contributed by atoms with E-state index in [0.29, 0.717) is 0 Å². The van der Waals surface area contributed by atoms with Crippen LogP contribution in [-0.4, -0.2) is 19.5 Å². The number of rotatable bonds is 4. The minimum atomic E-state index is 0.254. The SMILES string of the molecule is c1ccc(C(Cn2cnc3cncnc32)c2ccccc2)cc1. The third-order valence-electron chi connectivity index (χ3n) is 4.06. The van der Waals surface area contributed by atoms with Gasteiger partial charge in [0.15, 0.2) is 5.65 Å². The Labute approximate surface area is 134 Å². The first-order chi connectivity index (χ1) is 11.4. The molecule has 2 heterocycles. The fraction of sp³-hybridized carbons (Fsp3) is 0.105. The second-order valence-electron chi connectivity index (χ2n) is 5.50. The molecule has 0 amide bonds. The summed E-state index contributed by atoms with van der Waals surface area (Å²) in [7, 11) is 0. The molecule has 23 heavy (non-hydrogen) atoms. The molecule has 2 aromatic carbocycles. The van der Waals surface area contributed by atoms with Crippen LogP contribution in [0.3, 0.4) is 0 Å². The van der Waals surface area contributed by atoms with Gasteiger partial charge in [-0.1, -0.05) is 60.7 Å². The number of hydrogen-bond acceptors (Lipinski definition) is 3. The molecule has 0 saturated carbocycles. The number of aromatic nitrogens is 4. The molecule has 0 N–H and O–H groups in total. The monoisotopic (exact) mass is 300 g/mol. The topological polar surface area (TPSA) is 43.6 Å². The molecule has 2 aromatic heterocycles. The first kappa shape index (κ1) is 13.6. The van der Waals surface area contributed by atoms with Gasteiger partial charge in [-0.2, -0.15) is 0 Å². The van der Waals surface area contributed by atoms with Crippen LogP contribution < -0.4 is 0 Å². The van der Waals surface area contributed by atoms with Gasteiger partial charge >= 0.3 is 0 Å². The van der Waals surface area contributed by atoms with Crippen molar-refractivity contribution in [3.05, 3.63) is 90.6 Å². The van der Waals surface area contributed by atoms with Crippen LogP contribution in [-0.2, 0) is 6.54 Å². The number of nitrogens with zero attached hydrogens (tertiary/aromatic N) is 4. The number of fused-ring (bicyclic) bond motifs is 1. The van der Waals surface area contributed by atoms with Gasteiger partial charge in [-0.25, -0.2) is 15.0 Å². The Morgan fingerprint density at radius 3 is 2.13 bits per heavy atom. The van der Waals surface area contributed by atoms with Gasteiger partial charge in [0.05, 0.1) is 12.5 Å². The second kappa shape index (κ2) is 6.01. The van der Waals surface area contributed by atoms with Crippen molar-refractivity contribution < 1.29 is 0 Å². The van der Waals surface area contributed by atoms with E-state index >= 15 is 0 Å². The summed E-state index contributed by atoms with van der Waals surface area (Å²) >= 11 is 0. The molecule has 4 aromatic rings. The van der Waals surface area contributed by atoms with Gasteiger partial charge in [0.25, 0.3) is 0 Å². The molecule has 0 atom stereocenters. The van der Waals surface area contributed by atoms with Crippen molar-refractivity contribution in [1.82, 2.24) is 19.5 Å². The lowest BCUT2D eigenvalue weighted by molar-refractivity contribution is 0.634. The quantitative estimate of drug-likeness (QED) is 0.577. The molecule has 4 rings (SSSR count). The summed E-state index contributed by atoms with van der Waals surface area (Å²) in [6.07, 6.45) is 5.16. The van der Waals surface area contributed by atoms with E-state index in [1.165, 1.54) is 11.1 Å². The minimum absolute atomic E-state index is 0.254. The summed E-state index contributed by atoms with van der Waals surface area (Å²) in [5, 5.41) is 0. The van der Waals surface area contributed by atoms with E-state index in [4.69, 9.17) is 0 Å². The van der Waals surface area contributed by atoms with Crippen molar-refractivity contribution in [2.75, 3.05) is 0 Å². The Balaban J connectivity index is 1.77. The van der Waals surface area contributed by atoms with Gasteiger partial charge in [0.1, 0.15) is 11.8 Å². The third kappa shape index (κ3) is 2.71. The van der Waals surface area contributed by atoms with Crippen LogP contribution in [0, 0.1) is 0 Å². The molecule has 112 valence electrons. The third-order valence-corrected chi connectivity index (χ3v) is 4.06. The molecule has 0 bridgehead atoms. The average Bonchev–Trinajstić information content (AvgIpc) is 3.04. The number of benzene rings is 2. The number of hydrogen-bond donors (Lipinski definition) is 0. The van der Waals surface area contributed by atoms with Crippen molar-refractivity contribution in [3.63, 3.8) is 0 Å². The summed E-state index contributed by atoms with van der Waals surface area (Å²) < 4.78 is 2.10. The van der Waals surface area contributed by atoms with Gasteiger partial charge in [0, 0.05) is 12.5 Å². The molecular formula is C19H16N4. The lowest BCUT2D eigenvalue weighted by Crippen LogP contribution is -2.10. The average molecular weight is 300 g/mol. The van der Waals surface area contributed by atoms with Crippen LogP contribution in [0.5, 0.6) is 0 Å². The highest BCUT2D eigenvalue weighted by Crippen LogP contribution is 2.27. The molecule has 0 aliphatic rings. The largest absolute Gasteiger partial charge is 0.314 e. The Morgan fingerprint density at radius 2 is 1.48 bits per heavy atom. The van der Waals surface area contributed by atoms with Crippen molar-refractivity contribution in [2.24, 2.45) is 0 Å². The van der Waals surface area contributed by atoms with E-state index < -0.39 is 0 Å². The van der Waals surface area contributed by atoms with E-state index in [-0.39, 0.29) is 5.92 Å². The first-order valence-electron chi connectivity index (χ1n) is 7.62. The smallest absolute Gasteiger partial charge is 0.163 e. The molecule has 0 aliphatic carbocycles. The molecule has 4 heteroatoms. The van der Waals surface area contributed by atoms with Crippen molar-refractivity contribution in [2.45, 2.75) is 12.5 Å². The lowest BCUT2D eigenvalue weighted by Gasteiger charge is -2.19. The highest BCUT2D eigenvalue weighted by atomic mass is 15.1.